The van der Waals surface area contributed by atoms with Crippen LogP contribution in [-0.4, -0.2) is 25.4 Å². The van der Waals surface area contributed by atoms with E-state index in [1.807, 2.05) is 29.9 Å². The summed E-state index contributed by atoms with van der Waals surface area (Å²) in [6.07, 6.45) is 8.48. The molecule has 134 valence electrons. The first-order chi connectivity index (χ1) is 12.6. The highest BCUT2D eigenvalue weighted by Gasteiger charge is 2.19. The summed E-state index contributed by atoms with van der Waals surface area (Å²) in [5.41, 5.74) is 7.63. The third-order valence-corrected chi connectivity index (χ3v) is 4.15. The van der Waals surface area contributed by atoms with Crippen LogP contribution < -0.4 is 11.1 Å². The number of nitrogens with two attached hydrogens (primary N) is 1. The maximum absolute atomic E-state index is 12.8. The van der Waals surface area contributed by atoms with Gasteiger partial charge in [0.15, 0.2) is 0 Å². The molecule has 0 unspecified atom stereocenters. The summed E-state index contributed by atoms with van der Waals surface area (Å²) in [6, 6.07) is 7.17. The first-order valence-corrected chi connectivity index (χ1v) is 8.54. The van der Waals surface area contributed by atoms with Crippen molar-refractivity contribution in [2.45, 2.75) is 25.8 Å². The van der Waals surface area contributed by atoms with Gasteiger partial charge in [-0.1, -0.05) is 25.5 Å². The highest BCUT2D eigenvalue weighted by atomic mass is 16.1. The van der Waals surface area contributed by atoms with Gasteiger partial charge in [-0.3, -0.25) is 9.78 Å². The van der Waals surface area contributed by atoms with Crippen LogP contribution in [0.1, 0.15) is 42.0 Å². The minimum atomic E-state index is -0.142. The van der Waals surface area contributed by atoms with E-state index in [9.17, 15) is 4.79 Å². The normalized spacial score (nSPS) is 11.9. The van der Waals surface area contributed by atoms with Crippen LogP contribution in [-0.2, 0) is 7.05 Å². The Morgan fingerprint density at radius 2 is 2.12 bits per heavy atom. The summed E-state index contributed by atoms with van der Waals surface area (Å²) in [5, 5.41) is 3.09. The number of carbonyl (C=O) groups is 1. The molecule has 3 rings (SSSR count). The highest BCUT2D eigenvalue weighted by Crippen LogP contribution is 2.20. The molecule has 0 saturated heterocycles. The molecule has 1 amide bonds. The van der Waals surface area contributed by atoms with Crippen molar-refractivity contribution in [3.63, 3.8) is 0 Å². The third kappa shape index (κ3) is 3.88. The molecule has 1 atom stereocenters. The van der Waals surface area contributed by atoms with Gasteiger partial charge in [0.1, 0.15) is 11.6 Å². The summed E-state index contributed by atoms with van der Waals surface area (Å²) in [6.45, 7) is 2.09. The molecule has 7 nitrogen and oxygen atoms in total. The van der Waals surface area contributed by atoms with Gasteiger partial charge in [-0.2, -0.15) is 0 Å². The molecule has 1 aromatic carbocycles. The number of nitrogens with one attached hydrogen (secondary N) is 1. The number of nitrogen functional groups attached to an aromatic ring is 1. The fraction of sp³-hybridized carbons (Fsp3) is 0.263. The van der Waals surface area contributed by atoms with Crippen molar-refractivity contribution in [2.75, 3.05) is 5.73 Å². The Balaban J connectivity index is 1.82. The molecule has 0 radical (unpaired) electrons. The van der Waals surface area contributed by atoms with Crippen molar-refractivity contribution in [3.05, 3.63) is 60.4 Å². The lowest BCUT2D eigenvalue weighted by Gasteiger charge is -2.18. The van der Waals surface area contributed by atoms with Crippen LogP contribution in [0.25, 0.3) is 11.3 Å². The van der Waals surface area contributed by atoms with Crippen molar-refractivity contribution in [1.82, 2.24) is 24.8 Å². The van der Waals surface area contributed by atoms with Gasteiger partial charge in [0.05, 0.1) is 24.1 Å². The Labute approximate surface area is 152 Å². The Hall–Kier alpha value is -3.22. The average Bonchev–Trinajstić information content (AvgIpc) is 3.08. The van der Waals surface area contributed by atoms with Crippen molar-refractivity contribution in [3.8, 4) is 11.3 Å². The standard InChI is InChI=1S/C19H22N6O/c1-3-5-15(18-21-8-9-25(18)2)24-19(26)14-7-4-6-13(10-14)16-11-23-17(20)12-22-16/h4,6-12,15H,3,5H2,1-2H3,(H2,20,23)(H,24,26)/t15-/m0/s1. The molecule has 2 aromatic heterocycles. The quantitative estimate of drug-likeness (QED) is 0.712. The van der Waals surface area contributed by atoms with Crippen LogP contribution in [0, 0.1) is 0 Å². The maximum Gasteiger partial charge on any atom is 0.251 e. The second-order valence-corrected chi connectivity index (χ2v) is 6.12. The van der Waals surface area contributed by atoms with Gasteiger partial charge in [-0.15, -0.1) is 0 Å². The van der Waals surface area contributed by atoms with E-state index in [1.165, 1.54) is 6.20 Å². The van der Waals surface area contributed by atoms with Gasteiger partial charge < -0.3 is 15.6 Å². The zero-order valence-corrected chi connectivity index (χ0v) is 14.9. The molecule has 0 aliphatic heterocycles. The lowest BCUT2D eigenvalue weighted by Crippen LogP contribution is -2.30. The number of anilines is 1. The second-order valence-electron chi connectivity index (χ2n) is 6.12. The Kier molecular flexibility index (Phi) is 5.26. The third-order valence-electron chi connectivity index (χ3n) is 4.15. The van der Waals surface area contributed by atoms with Gasteiger partial charge in [0.25, 0.3) is 5.91 Å². The number of amides is 1. The molecule has 0 aliphatic rings. The van der Waals surface area contributed by atoms with E-state index in [4.69, 9.17) is 5.73 Å². The molecule has 7 heteroatoms. The van der Waals surface area contributed by atoms with Crippen LogP contribution >= 0.6 is 0 Å². The van der Waals surface area contributed by atoms with Gasteiger partial charge in [-0.05, 0) is 18.6 Å². The summed E-state index contributed by atoms with van der Waals surface area (Å²) in [4.78, 5) is 25.5. The summed E-state index contributed by atoms with van der Waals surface area (Å²) in [5.74, 6) is 1.07. The van der Waals surface area contributed by atoms with Gasteiger partial charge >= 0.3 is 0 Å². The molecule has 3 aromatic rings. The largest absolute Gasteiger partial charge is 0.382 e. The molecule has 3 N–H and O–H groups in total. The van der Waals surface area contributed by atoms with E-state index in [1.54, 1.807) is 24.5 Å². The molecule has 26 heavy (non-hydrogen) atoms. The molecular weight excluding hydrogens is 328 g/mol. The minimum Gasteiger partial charge on any atom is -0.382 e. The van der Waals surface area contributed by atoms with E-state index >= 15 is 0 Å². The number of benzene rings is 1. The Morgan fingerprint density at radius 1 is 1.27 bits per heavy atom. The van der Waals surface area contributed by atoms with Crippen LogP contribution in [0.4, 0.5) is 5.82 Å². The van der Waals surface area contributed by atoms with Crippen molar-refractivity contribution in [1.29, 1.82) is 0 Å². The number of aromatic nitrogens is 4. The van der Waals surface area contributed by atoms with Crippen LogP contribution in [0.5, 0.6) is 0 Å². The molecule has 0 bridgehead atoms. The minimum absolute atomic E-state index is 0.132. The average molecular weight is 350 g/mol. The molecule has 0 fully saturated rings. The van der Waals surface area contributed by atoms with Crippen molar-refractivity contribution >= 4 is 11.7 Å². The number of hydrogen-bond donors (Lipinski definition) is 2. The topological polar surface area (TPSA) is 98.7 Å². The van der Waals surface area contributed by atoms with Gasteiger partial charge in [0, 0.05) is 30.6 Å². The highest BCUT2D eigenvalue weighted by molar-refractivity contribution is 5.95. The smallest absolute Gasteiger partial charge is 0.251 e. The van der Waals surface area contributed by atoms with E-state index < -0.39 is 0 Å². The molecule has 0 saturated carbocycles. The molecule has 2 heterocycles. The summed E-state index contributed by atoms with van der Waals surface area (Å²) >= 11 is 0. The van der Waals surface area contributed by atoms with Crippen LogP contribution in [0.3, 0.4) is 0 Å². The Bertz CT molecular complexity index is 887. The summed E-state index contributed by atoms with van der Waals surface area (Å²) < 4.78 is 1.93. The lowest BCUT2D eigenvalue weighted by atomic mass is 10.1. The molecule has 0 spiro atoms. The number of hydrogen-bond acceptors (Lipinski definition) is 5. The fourth-order valence-electron chi connectivity index (χ4n) is 2.82. The second kappa shape index (κ2) is 7.77. The van der Waals surface area contributed by atoms with Crippen molar-refractivity contribution < 1.29 is 4.79 Å². The number of carbonyl (C=O) groups excluding carboxylic acids is 1. The number of imidazole rings is 1. The van der Waals surface area contributed by atoms with Gasteiger partial charge in [0.2, 0.25) is 0 Å². The van der Waals surface area contributed by atoms with Crippen molar-refractivity contribution in [2.24, 2.45) is 7.05 Å². The first kappa shape index (κ1) is 17.6. The Morgan fingerprint density at radius 3 is 2.77 bits per heavy atom. The predicted molar refractivity (Wildman–Crippen MR) is 100 cm³/mol. The van der Waals surface area contributed by atoms with Crippen LogP contribution in [0.15, 0.2) is 49.1 Å². The van der Waals surface area contributed by atoms with E-state index in [0.29, 0.717) is 17.1 Å². The first-order valence-electron chi connectivity index (χ1n) is 8.54. The molecular formula is C19H22N6O. The number of aryl methyl sites for hydroxylation is 1. The van der Waals surface area contributed by atoms with Gasteiger partial charge in [-0.25, -0.2) is 9.97 Å². The zero-order valence-electron chi connectivity index (χ0n) is 14.9. The lowest BCUT2D eigenvalue weighted by molar-refractivity contribution is 0.0932. The van der Waals surface area contributed by atoms with Crippen LogP contribution in [0.2, 0.25) is 0 Å². The molecule has 0 aliphatic carbocycles. The monoisotopic (exact) mass is 350 g/mol. The predicted octanol–water partition coefficient (Wildman–Crippen LogP) is 2.73. The SMILES string of the molecule is CCC[C@H](NC(=O)c1cccc(-c2cnc(N)cn2)c1)c1nccn1C. The van der Waals surface area contributed by atoms with E-state index in [-0.39, 0.29) is 11.9 Å². The maximum atomic E-state index is 12.8. The van der Waals surface area contributed by atoms with E-state index in [0.717, 1.165) is 24.2 Å². The number of nitrogens with zero attached hydrogens (tertiary/aromatic N) is 4. The zero-order chi connectivity index (χ0) is 18.5. The fourth-order valence-corrected chi connectivity index (χ4v) is 2.82. The van der Waals surface area contributed by atoms with E-state index in [2.05, 4.69) is 27.2 Å². The summed E-state index contributed by atoms with van der Waals surface area (Å²) in [7, 11) is 1.93. The number of rotatable bonds is 6.